The SMILES string of the molecule is CC(C)c1cn2c(n1)sc1cc(C(N)=O)ccc12. The zero-order chi connectivity index (χ0) is 12.9. The van der Waals surface area contributed by atoms with Crippen molar-refractivity contribution < 1.29 is 4.79 Å². The van der Waals surface area contributed by atoms with Crippen LogP contribution in [-0.4, -0.2) is 15.3 Å². The van der Waals surface area contributed by atoms with Gasteiger partial charge in [-0.2, -0.15) is 0 Å². The predicted molar refractivity (Wildman–Crippen MR) is 73.2 cm³/mol. The number of aromatic nitrogens is 2. The van der Waals surface area contributed by atoms with Gasteiger partial charge >= 0.3 is 0 Å². The quantitative estimate of drug-likeness (QED) is 0.769. The van der Waals surface area contributed by atoms with Crippen LogP contribution in [0.15, 0.2) is 24.4 Å². The van der Waals surface area contributed by atoms with Crippen molar-refractivity contribution in [2.24, 2.45) is 5.73 Å². The van der Waals surface area contributed by atoms with E-state index in [4.69, 9.17) is 5.73 Å². The second-order valence-electron chi connectivity index (χ2n) is 4.62. The Labute approximate surface area is 108 Å². The molecule has 18 heavy (non-hydrogen) atoms. The Kier molecular flexibility index (Phi) is 2.38. The zero-order valence-electron chi connectivity index (χ0n) is 10.2. The molecular formula is C13H13N3OS. The van der Waals surface area contributed by atoms with Gasteiger partial charge < -0.3 is 5.73 Å². The van der Waals surface area contributed by atoms with Crippen LogP contribution in [0.25, 0.3) is 15.2 Å². The second-order valence-corrected chi connectivity index (χ2v) is 5.63. The lowest BCUT2D eigenvalue weighted by Crippen LogP contribution is -2.10. The Hall–Kier alpha value is -1.88. The minimum atomic E-state index is -0.397. The zero-order valence-corrected chi connectivity index (χ0v) is 11.0. The van der Waals surface area contributed by atoms with E-state index >= 15 is 0 Å². The molecule has 0 aliphatic heterocycles. The first-order chi connectivity index (χ1) is 8.56. The first-order valence-corrected chi connectivity index (χ1v) is 6.59. The molecule has 0 fully saturated rings. The first kappa shape index (κ1) is 11.2. The molecule has 0 radical (unpaired) electrons. The number of nitrogens with zero attached hydrogens (tertiary/aromatic N) is 2. The summed E-state index contributed by atoms with van der Waals surface area (Å²) in [7, 11) is 0. The molecular weight excluding hydrogens is 246 g/mol. The highest BCUT2D eigenvalue weighted by molar-refractivity contribution is 7.23. The van der Waals surface area contributed by atoms with E-state index in [0.29, 0.717) is 11.5 Å². The third-order valence-electron chi connectivity index (χ3n) is 2.99. The van der Waals surface area contributed by atoms with Crippen molar-refractivity contribution in [2.45, 2.75) is 19.8 Å². The Morgan fingerprint density at radius 1 is 1.44 bits per heavy atom. The summed E-state index contributed by atoms with van der Waals surface area (Å²) in [5.74, 6) is 0.0165. The smallest absolute Gasteiger partial charge is 0.248 e. The van der Waals surface area contributed by atoms with Crippen LogP contribution in [0.5, 0.6) is 0 Å². The van der Waals surface area contributed by atoms with Crippen LogP contribution in [0.4, 0.5) is 0 Å². The van der Waals surface area contributed by atoms with Gasteiger partial charge in [0, 0.05) is 11.8 Å². The molecule has 1 amide bonds. The topological polar surface area (TPSA) is 60.4 Å². The molecule has 0 saturated heterocycles. The Morgan fingerprint density at radius 2 is 2.22 bits per heavy atom. The van der Waals surface area contributed by atoms with Gasteiger partial charge in [0.25, 0.3) is 0 Å². The number of benzene rings is 1. The van der Waals surface area contributed by atoms with E-state index in [1.807, 2.05) is 12.1 Å². The molecule has 3 aromatic rings. The number of hydrogen-bond donors (Lipinski definition) is 1. The molecule has 92 valence electrons. The molecule has 0 aliphatic rings. The lowest BCUT2D eigenvalue weighted by molar-refractivity contribution is 0.100. The summed E-state index contributed by atoms with van der Waals surface area (Å²) in [5, 5.41) is 0. The van der Waals surface area contributed by atoms with Crippen LogP contribution in [-0.2, 0) is 0 Å². The summed E-state index contributed by atoms with van der Waals surface area (Å²) in [4.78, 5) is 16.7. The predicted octanol–water partition coefficient (Wildman–Crippen LogP) is 2.77. The van der Waals surface area contributed by atoms with Crippen molar-refractivity contribution in [3.63, 3.8) is 0 Å². The van der Waals surface area contributed by atoms with Gasteiger partial charge in [-0.3, -0.25) is 9.20 Å². The van der Waals surface area contributed by atoms with E-state index in [0.717, 1.165) is 20.9 Å². The van der Waals surface area contributed by atoms with Crippen molar-refractivity contribution in [1.82, 2.24) is 9.38 Å². The number of amides is 1. The average Bonchev–Trinajstić information content (AvgIpc) is 2.84. The second kappa shape index (κ2) is 3.81. The van der Waals surface area contributed by atoms with E-state index in [2.05, 4.69) is 29.4 Å². The first-order valence-electron chi connectivity index (χ1n) is 5.77. The molecule has 4 nitrogen and oxygen atoms in total. The molecule has 0 spiro atoms. The maximum absolute atomic E-state index is 11.1. The summed E-state index contributed by atoms with van der Waals surface area (Å²) in [6, 6.07) is 5.50. The van der Waals surface area contributed by atoms with Gasteiger partial charge in [-0.15, -0.1) is 0 Å². The van der Waals surface area contributed by atoms with E-state index < -0.39 is 5.91 Å². The third-order valence-corrected chi connectivity index (χ3v) is 4.01. The molecule has 0 atom stereocenters. The largest absolute Gasteiger partial charge is 0.366 e. The number of carbonyl (C=O) groups excluding carboxylic acids is 1. The Bertz CT molecular complexity index is 754. The minimum Gasteiger partial charge on any atom is -0.366 e. The van der Waals surface area contributed by atoms with E-state index in [1.165, 1.54) is 0 Å². The number of nitrogens with two attached hydrogens (primary N) is 1. The summed E-state index contributed by atoms with van der Waals surface area (Å²) < 4.78 is 3.10. The van der Waals surface area contributed by atoms with Crippen LogP contribution in [0.2, 0.25) is 0 Å². The molecule has 2 heterocycles. The van der Waals surface area contributed by atoms with Crippen LogP contribution >= 0.6 is 11.3 Å². The number of rotatable bonds is 2. The number of fused-ring (bicyclic) bond motifs is 3. The van der Waals surface area contributed by atoms with Gasteiger partial charge in [-0.25, -0.2) is 4.98 Å². The third kappa shape index (κ3) is 1.59. The molecule has 2 aromatic heterocycles. The van der Waals surface area contributed by atoms with Gasteiger partial charge in [0.1, 0.15) is 0 Å². The van der Waals surface area contributed by atoms with Crippen molar-refractivity contribution in [1.29, 1.82) is 0 Å². The summed E-state index contributed by atoms with van der Waals surface area (Å²) >= 11 is 1.58. The monoisotopic (exact) mass is 259 g/mol. The number of primary amides is 1. The van der Waals surface area contributed by atoms with Crippen molar-refractivity contribution in [2.75, 3.05) is 0 Å². The lowest BCUT2D eigenvalue weighted by Gasteiger charge is -1.97. The van der Waals surface area contributed by atoms with Crippen molar-refractivity contribution in [3.8, 4) is 0 Å². The molecule has 0 unspecified atom stereocenters. The number of imidazole rings is 1. The Balaban J connectivity index is 2.26. The lowest BCUT2D eigenvalue weighted by atomic mass is 10.1. The van der Waals surface area contributed by atoms with E-state index in [9.17, 15) is 4.79 Å². The van der Waals surface area contributed by atoms with Crippen LogP contribution in [0.1, 0.15) is 35.8 Å². The molecule has 1 aromatic carbocycles. The van der Waals surface area contributed by atoms with Gasteiger partial charge in [0.05, 0.1) is 15.9 Å². The highest BCUT2D eigenvalue weighted by Crippen LogP contribution is 2.28. The van der Waals surface area contributed by atoms with Gasteiger partial charge in [-0.05, 0) is 24.1 Å². The standard InChI is InChI=1S/C13H13N3OS/c1-7(2)9-6-16-10-4-3-8(12(14)17)5-11(10)18-13(16)15-9/h3-7H,1-2H3,(H2,14,17). The maximum atomic E-state index is 11.1. The van der Waals surface area contributed by atoms with Crippen LogP contribution < -0.4 is 5.73 Å². The molecule has 0 aliphatic carbocycles. The molecule has 0 bridgehead atoms. The van der Waals surface area contributed by atoms with E-state index in [-0.39, 0.29) is 0 Å². The molecule has 3 rings (SSSR count). The number of carbonyl (C=O) groups is 1. The maximum Gasteiger partial charge on any atom is 0.248 e. The average molecular weight is 259 g/mol. The van der Waals surface area contributed by atoms with Crippen LogP contribution in [0.3, 0.4) is 0 Å². The van der Waals surface area contributed by atoms with Crippen molar-refractivity contribution >= 4 is 32.4 Å². The van der Waals surface area contributed by atoms with Gasteiger partial charge in [0.2, 0.25) is 5.91 Å². The number of hydrogen-bond acceptors (Lipinski definition) is 3. The molecule has 2 N–H and O–H groups in total. The van der Waals surface area contributed by atoms with Gasteiger partial charge in [-0.1, -0.05) is 25.2 Å². The highest BCUT2D eigenvalue weighted by atomic mass is 32.1. The molecule has 0 saturated carbocycles. The number of thiazole rings is 1. The van der Waals surface area contributed by atoms with Crippen molar-refractivity contribution in [3.05, 3.63) is 35.7 Å². The fourth-order valence-corrected chi connectivity index (χ4v) is 3.00. The minimum absolute atomic E-state index is 0.397. The highest BCUT2D eigenvalue weighted by Gasteiger charge is 2.12. The molecule has 5 heteroatoms. The summed E-state index contributed by atoms with van der Waals surface area (Å²) in [6.45, 7) is 4.25. The summed E-state index contributed by atoms with van der Waals surface area (Å²) in [5.41, 5.74) is 7.97. The summed E-state index contributed by atoms with van der Waals surface area (Å²) in [6.07, 6.45) is 2.06. The van der Waals surface area contributed by atoms with Crippen LogP contribution in [0, 0.1) is 0 Å². The van der Waals surface area contributed by atoms with E-state index in [1.54, 1.807) is 17.4 Å². The fourth-order valence-electron chi connectivity index (χ4n) is 1.95. The fraction of sp³-hybridized carbons (Fsp3) is 0.231. The Morgan fingerprint density at radius 3 is 2.89 bits per heavy atom. The van der Waals surface area contributed by atoms with Gasteiger partial charge in [0.15, 0.2) is 4.96 Å². The normalized spacial score (nSPS) is 11.7.